The molecule has 0 saturated heterocycles. The summed E-state index contributed by atoms with van der Waals surface area (Å²) < 4.78 is 23.5. The summed E-state index contributed by atoms with van der Waals surface area (Å²) in [5, 5.41) is 3.35. The van der Waals surface area contributed by atoms with Crippen LogP contribution in [0.25, 0.3) is 0 Å². The Balaban J connectivity index is 1.62. The van der Waals surface area contributed by atoms with Gasteiger partial charge >= 0.3 is 23.9 Å². The van der Waals surface area contributed by atoms with Crippen LogP contribution >= 0.6 is 0 Å². The molecule has 4 rings (SSSR count). The minimum absolute atomic E-state index is 0.00442. The highest BCUT2D eigenvalue weighted by Gasteiger charge is 2.72. The quantitative estimate of drug-likeness (QED) is 0.137. The predicted molar refractivity (Wildman–Crippen MR) is 179 cm³/mol. The summed E-state index contributed by atoms with van der Waals surface area (Å²) in [7, 11) is 0. The van der Waals surface area contributed by atoms with Gasteiger partial charge in [-0.05, 0) is 106 Å². The van der Waals surface area contributed by atoms with Crippen molar-refractivity contribution in [2.75, 3.05) is 19.7 Å². The third-order valence-corrected chi connectivity index (χ3v) is 13.9. The second-order valence-electron chi connectivity index (χ2n) is 16.8. The van der Waals surface area contributed by atoms with Crippen LogP contribution in [-0.4, -0.2) is 61.4 Å². The first-order valence-corrected chi connectivity index (χ1v) is 18.3. The fraction of sp³-hybridized carbons (Fsp3) is 0.895. The lowest BCUT2D eigenvalue weighted by Gasteiger charge is -2.70. The molecule has 47 heavy (non-hydrogen) atoms. The monoisotopic (exact) mass is 661 g/mol. The van der Waals surface area contributed by atoms with Gasteiger partial charge in [-0.1, -0.05) is 34.6 Å². The molecule has 0 aromatic heterocycles. The molecule has 0 amide bonds. The van der Waals surface area contributed by atoms with Gasteiger partial charge in [0.2, 0.25) is 0 Å². The first-order valence-electron chi connectivity index (χ1n) is 18.3. The Morgan fingerprint density at radius 3 is 2.09 bits per heavy atom. The van der Waals surface area contributed by atoms with Crippen LogP contribution < -0.4 is 5.32 Å². The van der Waals surface area contributed by atoms with E-state index in [0.29, 0.717) is 44.4 Å². The smallest absolute Gasteiger partial charge is 0.307 e. The van der Waals surface area contributed by atoms with E-state index in [9.17, 15) is 19.2 Å². The Morgan fingerprint density at radius 2 is 1.47 bits per heavy atom. The van der Waals surface area contributed by atoms with Crippen molar-refractivity contribution < 1.29 is 38.1 Å². The van der Waals surface area contributed by atoms with Crippen molar-refractivity contribution in [2.45, 2.75) is 151 Å². The van der Waals surface area contributed by atoms with Gasteiger partial charge in [-0.2, -0.15) is 0 Å². The van der Waals surface area contributed by atoms with Gasteiger partial charge in [-0.15, -0.1) is 0 Å². The minimum Gasteiger partial charge on any atom is -0.466 e. The van der Waals surface area contributed by atoms with Crippen molar-refractivity contribution in [3.63, 3.8) is 0 Å². The number of carbonyl (C=O) groups is 4. The van der Waals surface area contributed by atoms with Crippen LogP contribution in [0.4, 0.5) is 0 Å². The van der Waals surface area contributed by atoms with E-state index in [4.69, 9.17) is 18.9 Å². The molecule has 1 N–H and O–H groups in total. The number of esters is 4. The van der Waals surface area contributed by atoms with Crippen molar-refractivity contribution in [1.29, 1.82) is 0 Å². The number of rotatable bonds is 12. The normalized spacial score (nSPS) is 38.5. The lowest BCUT2D eigenvalue weighted by molar-refractivity contribution is -0.253. The Labute approximate surface area is 283 Å². The number of fused-ring (bicyclic) bond motifs is 5. The minimum atomic E-state index is -0.718. The van der Waals surface area contributed by atoms with Crippen LogP contribution in [0.1, 0.15) is 133 Å². The number of carbonyl (C=O) groups excluding carboxylic acids is 4. The van der Waals surface area contributed by atoms with Gasteiger partial charge in [0.25, 0.3) is 0 Å². The van der Waals surface area contributed by atoms with E-state index in [0.717, 1.165) is 51.4 Å². The Morgan fingerprint density at radius 1 is 0.809 bits per heavy atom. The van der Waals surface area contributed by atoms with E-state index >= 15 is 0 Å². The third-order valence-electron chi connectivity index (χ3n) is 13.9. The van der Waals surface area contributed by atoms with Gasteiger partial charge in [0.05, 0.1) is 13.0 Å². The highest BCUT2D eigenvalue weighted by atomic mass is 16.6. The molecule has 9 nitrogen and oxygen atoms in total. The molecule has 4 saturated carbocycles. The molecular formula is C38H63NO8. The van der Waals surface area contributed by atoms with E-state index in [2.05, 4.69) is 46.9 Å². The van der Waals surface area contributed by atoms with Crippen molar-refractivity contribution >= 4 is 23.9 Å². The summed E-state index contributed by atoms with van der Waals surface area (Å²) in [5.41, 5.74) is -0.990. The molecule has 4 aliphatic rings. The number of nitrogens with one attached hydrogen (secondary N) is 1. The first-order chi connectivity index (χ1) is 21.9. The Bertz CT molecular complexity index is 1190. The van der Waals surface area contributed by atoms with Gasteiger partial charge < -0.3 is 24.3 Å². The summed E-state index contributed by atoms with van der Waals surface area (Å²) in [4.78, 5) is 49.2. The number of hydrogen-bond donors (Lipinski definition) is 1. The van der Waals surface area contributed by atoms with Crippen LogP contribution in [0.3, 0.4) is 0 Å². The predicted octanol–water partition coefficient (Wildman–Crippen LogP) is 6.79. The average molecular weight is 662 g/mol. The molecule has 4 fully saturated rings. The highest BCUT2D eigenvalue weighted by Crippen LogP contribution is 2.76. The van der Waals surface area contributed by atoms with Crippen molar-refractivity contribution in [1.82, 2.24) is 5.32 Å². The molecule has 0 aromatic carbocycles. The van der Waals surface area contributed by atoms with Gasteiger partial charge in [0.1, 0.15) is 17.8 Å². The van der Waals surface area contributed by atoms with E-state index in [1.807, 2.05) is 0 Å². The topological polar surface area (TPSA) is 117 Å². The first kappa shape index (κ1) is 37.7. The molecular weight excluding hydrogens is 598 g/mol. The molecule has 0 aromatic rings. The summed E-state index contributed by atoms with van der Waals surface area (Å²) in [5.74, 6) is -0.166. The Kier molecular flexibility index (Phi) is 11.2. The maximum atomic E-state index is 12.8. The third kappa shape index (κ3) is 6.98. The standard InChI is InChI=1S/C38H63NO8/c1-11-44-32(43)16-22-39-21-12-17-38(10,47-26(4)42)27-13-19-37(9)33(27)28(45-24(2)40)23-30-35(7)18-15-31(46-25(3)41)34(5,6)29(35)14-20-36(30,37)8/h27-31,33,39H,11-23H2,1-10H3/t27?,28?,29?,30?,31-,33-,35-,36+,37+,38-/m0/s1. The molecule has 268 valence electrons. The lowest BCUT2D eigenvalue weighted by Crippen LogP contribution is -2.67. The SMILES string of the molecule is CCOC(=O)CCNCCC[C@](C)(OC(C)=O)C1CC[C@]2(C)[C@@H]1C(OC(C)=O)CC1[C@@]3(C)CC[C@H](OC(C)=O)C(C)(C)C3CC[C@]12C. The molecule has 9 heteroatoms. The zero-order valence-corrected chi connectivity index (χ0v) is 30.9. The zero-order valence-electron chi connectivity index (χ0n) is 30.9. The molecule has 0 radical (unpaired) electrons. The summed E-state index contributed by atoms with van der Waals surface area (Å²) in [6.07, 6.45) is 8.04. The fourth-order valence-corrected chi connectivity index (χ4v) is 11.9. The maximum Gasteiger partial charge on any atom is 0.307 e. The van der Waals surface area contributed by atoms with Crippen molar-refractivity contribution in [3.05, 3.63) is 0 Å². The van der Waals surface area contributed by atoms with Crippen LogP contribution in [0.5, 0.6) is 0 Å². The number of hydrogen-bond acceptors (Lipinski definition) is 9. The van der Waals surface area contributed by atoms with Gasteiger partial charge in [-0.3, -0.25) is 19.2 Å². The fourth-order valence-electron chi connectivity index (χ4n) is 11.9. The van der Waals surface area contributed by atoms with E-state index in [-0.39, 0.29) is 69.6 Å². The molecule has 0 bridgehead atoms. The second kappa shape index (κ2) is 14.0. The van der Waals surface area contributed by atoms with Gasteiger partial charge in [-0.25, -0.2) is 0 Å². The van der Waals surface area contributed by atoms with Crippen molar-refractivity contribution in [2.24, 2.45) is 45.3 Å². The van der Waals surface area contributed by atoms with Crippen LogP contribution in [-0.2, 0) is 38.1 Å². The van der Waals surface area contributed by atoms with Gasteiger partial charge in [0, 0.05) is 44.6 Å². The summed E-state index contributed by atoms with van der Waals surface area (Å²) in [6.45, 7) is 22.0. The second-order valence-corrected chi connectivity index (χ2v) is 16.8. The molecule has 10 atom stereocenters. The molecule has 0 spiro atoms. The van der Waals surface area contributed by atoms with Crippen LogP contribution in [0.15, 0.2) is 0 Å². The summed E-state index contributed by atoms with van der Waals surface area (Å²) in [6, 6.07) is 0. The maximum absolute atomic E-state index is 12.8. The van der Waals surface area contributed by atoms with Crippen LogP contribution in [0, 0.1) is 45.3 Å². The number of ether oxygens (including phenoxy) is 4. The zero-order chi connectivity index (χ0) is 35.0. The van der Waals surface area contributed by atoms with E-state index in [1.165, 1.54) is 20.8 Å². The lowest BCUT2D eigenvalue weighted by atomic mass is 9.35. The van der Waals surface area contributed by atoms with Crippen LogP contribution in [0.2, 0.25) is 0 Å². The largest absolute Gasteiger partial charge is 0.466 e. The molecule has 4 aliphatic carbocycles. The highest BCUT2D eigenvalue weighted by molar-refractivity contribution is 5.69. The molecule has 0 aliphatic heterocycles. The van der Waals surface area contributed by atoms with Gasteiger partial charge in [0.15, 0.2) is 0 Å². The van der Waals surface area contributed by atoms with E-state index in [1.54, 1.807) is 6.92 Å². The summed E-state index contributed by atoms with van der Waals surface area (Å²) >= 11 is 0. The van der Waals surface area contributed by atoms with Crippen molar-refractivity contribution in [3.8, 4) is 0 Å². The average Bonchev–Trinajstić information content (AvgIpc) is 3.33. The molecule has 4 unspecified atom stereocenters. The Hall–Kier alpha value is -2.16. The van der Waals surface area contributed by atoms with E-state index < -0.39 is 5.60 Å². The molecule has 0 heterocycles.